The maximum atomic E-state index is 5.67. The minimum atomic E-state index is 0.551. The molecule has 0 fully saturated rings. The van der Waals surface area contributed by atoms with Crippen molar-refractivity contribution in [1.82, 2.24) is 0 Å². The maximum Gasteiger partial charge on any atom is 0.0872 e. The first-order valence-electron chi connectivity index (χ1n) is 5.51. The Morgan fingerprint density at radius 3 is 2.24 bits per heavy atom. The summed E-state index contributed by atoms with van der Waals surface area (Å²) in [6.07, 6.45) is 0. The zero-order valence-electron chi connectivity index (χ0n) is 9.50. The Balaban J connectivity index is 1.90. The molecule has 0 aliphatic heterocycles. The van der Waals surface area contributed by atoms with Gasteiger partial charge in [0.2, 0.25) is 0 Å². The van der Waals surface area contributed by atoms with Crippen LogP contribution in [0.5, 0.6) is 0 Å². The largest absolute Gasteiger partial charge is 0.326 e. The lowest BCUT2D eigenvalue weighted by atomic mass is 10.1. The smallest absolute Gasteiger partial charge is 0.0872 e. The van der Waals surface area contributed by atoms with Crippen molar-refractivity contribution in [3.63, 3.8) is 0 Å². The van der Waals surface area contributed by atoms with Crippen LogP contribution in [0.1, 0.15) is 11.1 Å². The highest BCUT2D eigenvalue weighted by atomic mass is 32.2. The zero-order chi connectivity index (χ0) is 11.9. The molecule has 2 aromatic carbocycles. The van der Waals surface area contributed by atoms with Crippen LogP contribution >= 0.6 is 12.0 Å². The molecule has 88 valence electrons. The molecule has 2 aromatic rings. The molecule has 0 aliphatic carbocycles. The van der Waals surface area contributed by atoms with Crippen LogP contribution < -0.4 is 5.73 Å². The van der Waals surface area contributed by atoms with E-state index in [1.54, 1.807) is 0 Å². The van der Waals surface area contributed by atoms with Gasteiger partial charge < -0.3 is 9.92 Å². The van der Waals surface area contributed by atoms with Crippen LogP contribution in [0.15, 0.2) is 59.5 Å². The summed E-state index contributed by atoms with van der Waals surface area (Å²) in [4.78, 5) is 1.11. The molecule has 0 saturated heterocycles. The Kier molecular flexibility index (Phi) is 4.62. The average Bonchev–Trinajstić information content (AvgIpc) is 2.40. The lowest BCUT2D eigenvalue weighted by Gasteiger charge is -2.07. The first-order chi connectivity index (χ1) is 8.40. The number of hydrogen-bond donors (Lipinski definition) is 1. The van der Waals surface area contributed by atoms with E-state index in [1.807, 2.05) is 54.6 Å². The van der Waals surface area contributed by atoms with Crippen molar-refractivity contribution >= 4 is 12.0 Å². The van der Waals surface area contributed by atoms with Crippen LogP contribution in [0.2, 0.25) is 0 Å². The quantitative estimate of drug-likeness (QED) is 0.820. The van der Waals surface area contributed by atoms with Gasteiger partial charge in [-0.2, -0.15) is 0 Å². The van der Waals surface area contributed by atoms with Gasteiger partial charge in [0, 0.05) is 23.5 Å². The van der Waals surface area contributed by atoms with Crippen LogP contribution in [-0.4, -0.2) is 0 Å². The first-order valence-corrected chi connectivity index (χ1v) is 6.25. The molecule has 0 saturated carbocycles. The van der Waals surface area contributed by atoms with Gasteiger partial charge in [-0.05, 0) is 23.3 Å². The topological polar surface area (TPSA) is 35.2 Å². The molecule has 0 atom stereocenters. The SMILES string of the molecule is NCc1ccccc1COSc1ccccc1. The fraction of sp³-hybridized carbons (Fsp3) is 0.143. The Hall–Kier alpha value is -1.29. The standard InChI is InChI=1S/C14H15NOS/c15-10-12-6-4-5-7-13(12)11-16-17-14-8-2-1-3-9-14/h1-9H,10-11,15H2. The number of nitrogens with two attached hydrogens (primary N) is 1. The summed E-state index contributed by atoms with van der Waals surface area (Å²) in [5.74, 6) is 0. The summed E-state index contributed by atoms with van der Waals surface area (Å²) in [5, 5.41) is 0. The van der Waals surface area contributed by atoms with E-state index in [9.17, 15) is 0 Å². The highest BCUT2D eigenvalue weighted by Gasteiger charge is 2.00. The Labute approximate surface area is 106 Å². The van der Waals surface area contributed by atoms with Gasteiger partial charge in [-0.3, -0.25) is 0 Å². The normalized spacial score (nSPS) is 10.4. The lowest BCUT2D eigenvalue weighted by molar-refractivity contribution is 0.362. The summed E-state index contributed by atoms with van der Waals surface area (Å²) in [7, 11) is 0. The molecule has 0 heterocycles. The summed E-state index contributed by atoms with van der Waals surface area (Å²) in [5.41, 5.74) is 7.96. The maximum absolute atomic E-state index is 5.67. The Morgan fingerprint density at radius 1 is 0.882 bits per heavy atom. The third-order valence-corrected chi connectivity index (χ3v) is 3.15. The van der Waals surface area contributed by atoms with E-state index in [-0.39, 0.29) is 0 Å². The molecule has 2 nitrogen and oxygen atoms in total. The molecule has 0 aromatic heterocycles. The van der Waals surface area contributed by atoms with Crippen LogP contribution in [0.25, 0.3) is 0 Å². The fourth-order valence-corrected chi connectivity index (χ4v) is 2.12. The summed E-state index contributed by atoms with van der Waals surface area (Å²) < 4.78 is 5.61. The third kappa shape index (κ3) is 3.60. The van der Waals surface area contributed by atoms with Gasteiger partial charge in [-0.1, -0.05) is 42.5 Å². The van der Waals surface area contributed by atoms with Crippen molar-refractivity contribution in [2.75, 3.05) is 0 Å². The van der Waals surface area contributed by atoms with Crippen molar-refractivity contribution in [2.24, 2.45) is 5.73 Å². The van der Waals surface area contributed by atoms with Gasteiger partial charge in [-0.25, -0.2) is 0 Å². The van der Waals surface area contributed by atoms with Crippen LogP contribution in [0.4, 0.5) is 0 Å². The minimum Gasteiger partial charge on any atom is -0.326 e. The van der Waals surface area contributed by atoms with E-state index in [0.29, 0.717) is 13.2 Å². The van der Waals surface area contributed by atoms with Gasteiger partial charge in [-0.15, -0.1) is 0 Å². The molecule has 0 bridgehead atoms. The second-order valence-corrected chi connectivity index (χ2v) is 4.51. The van der Waals surface area contributed by atoms with Gasteiger partial charge in [0.25, 0.3) is 0 Å². The van der Waals surface area contributed by atoms with Gasteiger partial charge in [0.1, 0.15) is 0 Å². The number of hydrogen-bond acceptors (Lipinski definition) is 3. The summed E-state index contributed by atoms with van der Waals surface area (Å²) >= 11 is 1.39. The molecule has 0 amide bonds. The van der Waals surface area contributed by atoms with Gasteiger partial charge in [0.05, 0.1) is 6.61 Å². The molecule has 0 spiro atoms. The Morgan fingerprint density at radius 2 is 1.53 bits per heavy atom. The van der Waals surface area contributed by atoms with Crippen molar-refractivity contribution in [3.05, 3.63) is 65.7 Å². The van der Waals surface area contributed by atoms with Crippen molar-refractivity contribution < 1.29 is 4.18 Å². The predicted octanol–water partition coefficient (Wildman–Crippen LogP) is 3.37. The average molecular weight is 245 g/mol. The minimum absolute atomic E-state index is 0.551. The molecule has 0 unspecified atom stereocenters. The molecule has 2 N–H and O–H groups in total. The van der Waals surface area contributed by atoms with E-state index in [0.717, 1.165) is 16.0 Å². The van der Waals surface area contributed by atoms with E-state index in [2.05, 4.69) is 0 Å². The molecular weight excluding hydrogens is 230 g/mol. The Bertz CT molecular complexity index is 459. The van der Waals surface area contributed by atoms with Crippen LogP contribution in [-0.2, 0) is 17.3 Å². The highest BCUT2D eigenvalue weighted by Crippen LogP contribution is 2.21. The van der Waals surface area contributed by atoms with Crippen molar-refractivity contribution in [1.29, 1.82) is 0 Å². The lowest BCUT2D eigenvalue weighted by Crippen LogP contribution is -2.01. The van der Waals surface area contributed by atoms with Crippen LogP contribution in [0, 0.1) is 0 Å². The molecular formula is C14H15NOS. The zero-order valence-corrected chi connectivity index (χ0v) is 10.3. The monoisotopic (exact) mass is 245 g/mol. The molecule has 2 rings (SSSR count). The number of rotatable bonds is 5. The second kappa shape index (κ2) is 6.45. The molecule has 0 radical (unpaired) electrons. The molecule has 17 heavy (non-hydrogen) atoms. The summed E-state index contributed by atoms with van der Waals surface area (Å²) in [6, 6.07) is 18.1. The molecule has 0 aliphatic rings. The number of benzene rings is 2. The van der Waals surface area contributed by atoms with E-state index >= 15 is 0 Å². The predicted molar refractivity (Wildman–Crippen MR) is 71.4 cm³/mol. The van der Waals surface area contributed by atoms with E-state index in [1.165, 1.54) is 12.0 Å². The van der Waals surface area contributed by atoms with Crippen molar-refractivity contribution in [3.8, 4) is 0 Å². The highest BCUT2D eigenvalue weighted by molar-refractivity contribution is 7.94. The summed E-state index contributed by atoms with van der Waals surface area (Å²) in [6.45, 7) is 1.13. The van der Waals surface area contributed by atoms with E-state index < -0.39 is 0 Å². The van der Waals surface area contributed by atoms with Gasteiger partial charge in [0.15, 0.2) is 0 Å². The van der Waals surface area contributed by atoms with E-state index in [4.69, 9.17) is 9.92 Å². The molecule has 3 heteroatoms. The van der Waals surface area contributed by atoms with Gasteiger partial charge >= 0.3 is 0 Å². The van der Waals surface area contributed by atoms with Crippen molar-refractivity contribution in [2.45, 2.75) is 18.0 Å². The second-order valence-electron chi connectivity index (χ2n) is 3.63. The fourth-order valence-electron chi connectivity index (χ4n) is 1.53. The first kappa shape index (κ1) is 12.2. The third-order valence-electron chi connectivity index (χ3n) is 2.45. The van der Waals surface area contributed by atoms with Crippen LogP contribution in [0.3, 0.4) is 0 Å².